The summed E-state index contributed by atoms with van der Waals surface area (Å²) in [5, 5.41) is 51.6. The standard InChI is InChI=1S/C14H13FN4O.C13H11FN4O.C7H6BF3O3.C6H6BFO2/c1-3-19-17-12-11(9-4-6-10(15)7-5-9)8-16-14(20-2)13(12)18-19;1-2-18-16-11-10(7-15-13(19)12(11)17-18)8-3-5-9(14)6-4-8;9-7(10,11)14-6-3-1-5(2-4-6)8(12)13;8-6-3-1-5(2-4-6)7(9)10/h4-8H,3H2,1-2H3;3-7H,2H2,1H3,(H,15,19);1-4,12-13H;1-4,9-10H. The van der Waals surface area contributed by atoms with Crippen molar-refractivity contribution in [3.05, 3.63) is 137 Å². The molecule has 0 saturated carbocycles. The Kier molecular flexibility index (Phi) is 15.8. The molecule has 15 nitrogen and oxygen atoms in total. The first-order valence-electron chi connectivity index (χ1n) is 18.6. The molecule has 0 saturated heterocycles. The first kappa shape index (κ1) is 47.0. The summed E-state index contributed by atoms with van der Waals surface area (Å²) in [7, 11) is -1.67. The Labute approximate surface area is 354 Å². The average Bonchev–Trinajstić information content (AvgIpc) is 3.91. The van der Waals surface area contributed by atoms with Crippen molar-refractivity contribution < 1.29 is 55.9 Å². The topological polar surface area (TPSA) is 207 Å². The van der Waals surface area contributed by atoms with Crippen LogP contribution in [0.3, 0.4) is 0 Å². The van der Waals surface area contributed by atoms with Crippen LogP contribution in [0.2, 0.25) is 0 Å². The molecular formula is C40H36B2F6N8O7. The summed E-state index contributed by atoms with van der Waals surface area (Å²) in [4.78, 5) is 21.6. The second-order valence-electron chi connectivity index (χ2n) is 12.8. The molecule has 0 aliphatic carbocycles. The maximum atomic E-state index is 13.0. The van der Waals surface area contributed by atoms with Crippen LogP contribution in [0.25, 0.3) is 44.3 Å². The number of hydrogen-bond acceptors (Lipinski definition) is 12. The molecule has 4 heterocycles. The molecule has 0 aliphatic rings. The van der Waals surface area contributed by atoms with E-state index < -0.39 is 26.3 Å². The van der Waals surface area contributed by atoms with Crippen LogP contribution in [-0.2, 0) is 13.1 Å². The third kappa shape index (κ3) is 12.7. The molecule has 0 amide bonds. The molecule has 23 heteroatoms. The van der Waals surface area contributed by atoms with Gasteiger partial charge in [0.2, 0.25) is 5.88 Å². The number of aromatic nitrogens is 8. The first-order chi connectivity index (χ1) is 30.0. The number of halogens is 6. The van der Waals surface area contributed by atoms with Crippen LogP contribution in [0.5, 0.6) is 11.6 Å². The number of aromatic amines is 1. The van der Waals surface area contributed by atoms with E-state index in [9.17, 15) is 31.1 Å². The summed E-state index contributed by atoms with van der Waals surface area (Å²) in [6, 6.07) is 21.5. The summed E-state index contributed by atoms with van der Waals surface area (Å²) in [5.74, 6) is -0.929. The van der Waals surface area contributed by atoms with Gasteiger partial charge in [0.05, 0.1) is 20.2 Å². The second-order valence-corrected chi connectivity index (χ2v) is 12.8. The van der Waals surface area contributed by atoms with Crippen molar-refractivity contribution in [2.75, 3.05) is 7.11 Å². The Hall–Kier alpha value is -7.07. The van der Waals surface area contributed by atoms with Gasteiger partial charge in [-0.1, -0.05) is 48.5 Å². The molecule has 326 valence electrons. The first-order valence-corrected chi connectivity index (χ1v) is 18.6. The van der Waals surface area contributed by atoms with Gasteiger partial charge in [-0.2, -0.15) is 19.8 Å². The number of benzene rings is 4. The van der Waals surface area contributed by atoms with Gasteiger partial charge in [-0.3, -0.25) is 4.79 Å². The van der Waals surface area contributed by atoms with Gasteiger partial charge in [0.25, 0.3) is 5.56 Å². The van der Waals surface area contributed by atoms with Gasteiger partial charge in [0.1, 0.15) is 34.2 Å². The molecule has 0 unspecified atom stereocenters. The Morgan fingerprint density at radius 1 is 0.619 bits per heavy atom. The zero-order valence-corrected chi connectivity index (χ0v) is 33.4. The molecule has 0 fully saturated rings. The molecule has 4 aromatic carbocycles. The monoisotopic (exact) mass is 876 g/mol. The van der Waals surface area contributed by atoms with Crippen molar-refractivity contribution in [3.8, 4) is 33.9 Å². The minimum Gasteiger partial charge on any atom is -0.479 e. The molecule has 0 spiro atoms. The lowest BCUT2D eigenvalue weighted by Gasteiger charge is -2.08. The molecule has 0 bridgehead atoms. The van der Waals surface area contributed by atoms with E-state index in [0.29, 0.717) is 46.5 Å². The number of rotatable bonds is 8. The summed E-state index contributed by atoms with van der Waals surface area (Å²) < 4.78 is 82.0. The summed E-state index contributed by atoms with van der Waals surface area (Å²) in [6.45, 7) is 5.08. The molecule has 5 N–H and O–H groups in total. The highest BCUT2D eigenvalue weighted by atomic mass is 19.4. The van der Waals surface area contributed by atoms with E-state index in [-0.39, 0.29) is 28.5 Å². The maximum Gasteiger partial charge on any atom is 0.573 e. The minimum atomic E-state index is -4.74. The fourth-order valence-corrected chi connectivity index (χ4v) is 5.47. The van der Waals surface area contributed by atoms with Crippen LogP contribution in [-0.4, -0.2) is 87.8 Å². The molecule has 8 aromatic rings. The maximum absolute atomic E-state index is 13.0. The highest BCUT2D eigenvalue weighted by Crippen LogP contribution is 2.30. The zero-order valence-electron chi connectivity index (χ0n) is 33.4. The van der Waals surface area contributed by atoms with Gasteiger partial charge in [0.15, 0.2) is 11.0 Å². The number of fused-ring (bicyclic) bond motifs is 2. The second kappa shape index (κ2) is 21.1. The van der Waals surface area contributed by atoms with Crippen molar-refractivity contribution in [1.82, 2.24) is 40.0 Å². The fourth-order valence-electron chi connectivity index (χ4n) is 5.47. The van der Waals surface area contributed by atoms with Crippen LogP contribution < -0.4 is 26.0 Å². The van der Waals surface area contributed by atoms with Crippen LogP contribution in [0.15, 0.2) is 114 Å². The molecule has 0 radical (unpaired) electrons. The highest BCUT2D eigenvalue weighted by Gasteiger charge is 2.31. The van der Waals surface area contributed by atoms with Crippen LogP contribution in [0.1, 0.15) is 13.8 Å². The highest BCUT2D eigenvalue weighted by molar-refractivity contribution is 6.58. The Bertz CT molecular complexity index is 2770. The fraction of sp³-hybridized carbons (Fsp3) is 0.150. The number of aryl methyl sites for hydroxylation is 2. The lowest BCUT2D eigenvalue weighted by molar-refractivity contribution is -0.274. The number of ether oxygens (including phenoxy) is 2. The third-order valence-electron chi connectivity index (χ3n) is 8.55. The quantitative estimate of drug-likeness (QED) is 0.107. The molecule has 63 heavy (non-hydrogen) atoms. The van der Waals surface area contributed by atoms with E-state index in [1.54, 1.807) is 48.6 Å². The van der Waals surface area contributed by atoms with Gasteiger partial charge in [0, 0.05) is 23.5 Å². The number of pyridine rings is 2. The van der Waals surface area contributed by atoms with Crippen molar-refractivity contribution in [2.45, 2.75) is 33.3 Å². The molecule has 0 atom stereocenters. The zero-order chi connectivity index (χ0) is 45.8. The number of hydrogen-bond donors (Lipinski definition) is 5. The summed E-state index contributed by atoms with van der Waals surface area (Å²) >= 11 is 0. The minimum absolute atomic E-state index is 0.0968. The summed E-state index contributed by atoms with van der Waals surface area (Å²) in [6.07, 6.45) is -1.49. The van der Waals surface area contributed by atoms with Gasteiger partial charge in [-0.15, -0.1) is 23.4 Å². The number of H-pyrrole nitrogens is 1. The number of alkyl halides is 3. The van der Waals surface area contributed by atoms with Crippen molar-refractivity contribution in [3.63, 3.8) is 0 Å². The molecule has 4 aromatic heterocycles. The van der Waals surface area contributed by atoms with Gasteiger partial charge >= 0.3 is 20.6 Å². The number of nitrogens with zero attached hydrogens (tertiary/aromatic N) is 7. The van der Waals surface area contributed by atoms with Crippen LogP contribution in [0, 0.1) is 17.5 Å². The van der Waals surface area contributed by atoms with E-state index in [1.807, 2.05) is 13.8 Å². The lowest BCUT2D eigenvalue weighted by atomic mass is 9.80. The van der Waals surface area contributed by atoms with E-state index in [4.69, 9.17) is 24.8 Å². The molecular weight excluding hydrogens is 840 g/mol. The molecule has 0 aliphatic heterocycles. The SMILES string of the molecule is CCn1nc2c(-c3ccc(F)cc3)c[nH]c(=O)c2n1.CCn1nc2c(-c3ccc(F)cc3)cnc(OC)c2n1.OB(O)c1ccc(F)cc1.OB(O)c1ccc(OC(F)(F)F)cc1. The Morgan fingerprint density at radius 2 is 1.03 bits per heavy atom. The van der Waals surface area contributed by atoms with E-state index >= 15 is 0 Å². The lowest BCUT2D eigenvalue weighted by Crippen LogP contribution is -2.29. The third-order valence-corrected chi connectivity index (χ3v) is 8.55. The Morgan fingerprint density at radius 3 is 1.48 bits per heavy atom. The number of methoxy groups -OCH3 is 1. The van der Waals surface area contributed by atoms with Crippen molar-refractivity contribution in [1.29, 1.82) is 0 Å². The van der Waals surface area contributed by atoms with Gasteiger partial charge in [-0.05, 0) is 84.4 Å². The van der Waals surface area contributed by atoms with E-state index in [1.165, 1.54) is 53.3 Å². The number of nitrogens with one attached hydrogen (secondary N) is 1. The van der Waals surface area contributed by atoms with Crippen LogP contribution >= 0.6 is 0 Å². The van der Waals surface area contributed by atoms with Crippen molar-refractivity contribution >= 4 is 47.2 Å². The van der Waals surface area contributed by atoms with Gasteiger partial charge < -0.3 is 34.6 Å². The van der Waals surface area contributed by atoms with E-state index in [0.717, 1.165) is 46.5 Å². The average molecular weight is 876 g/mol. The Balaban J connectivity index is 0.000000163. The predicted octanol–water partition coefficient (Wildman–Crippen LogP) is 4.38. The van der Waals surface area contributed by atoms with Crippen LogP contribution in [0.4, 0.5) is 26.3 Å². The predicted molar refractivity (Wildman–Crippen MR) is 221 cm³/mol. The smallest absolute Gasteiger partial charge is 0.479 e. The molecule has 8 rings (SSSR count). The summed E-state index contributed by atoms with van der Waals surface area (Å²) in [5.41, 5.74) is 5.40. The van der Waals surface area contributed by atoms with Crippen molar-refractivity contribution in [2.24, 2.45) is 0 Å². The largest absolute Gasteiger partial charge is 0.573 e. The van der Waals surface area contributed by atoms with E-state index in [2.05, 4.69) is 35.1 Å². The van der Waals surface area contributed by atoms with Gasteiger partial charge in [-0.25, -0.2) is 18.2 Å². The normalized spacial score (nSPS) is 10.8.